The van der Waals surface area contributed by atoms with Gasteiger partial charge in [0.05, 0.1) is 12.5 Å². The second-order valence-electron chi connectivity index (χ2n) is 5.43. The standard InChI is InChI=1S/C16H27NO2/c1-4-6-7-10-14(18)12-16(19)15(5-2)17-11-8-9-13(17)3/h15H,3-12H2,1-2H3/t15-/m0/s1. The fourth-order valence-corrected chi connectivity index (χ4v) is 2.73. The number of nitrogens with zero attached hydrogens (tertiary/aromatic N) is 1. The molecule has 1 fully saturated rings. The summed E-state index contributed by atoms with van der Waals surface area (Å²) in [4.78, 5) is 26.1. The average Bonchev–Trinajstić information content (AvgIpc) is 2.77. The van der Waals surface area contributed by atoms with Gasteiger partial charge in [-0.1, -0.05) is 33.3 Å². The molecule has 0 N–H and O–H groups in total. The van der Waals surface area contributed by atoms with Crippen molar-refractivity contribution < 1.29 is 9.59 Å². The van der Waals surface area contributed by atoms with E-state index in [0.717, 1.165) is 50.8 Å². The fraction of sp³-hybridized carbons (Fsp3) is 0.750. The number of likely N-dealkylation sites (tertiary alicyclic amines) is 1. The van der Waals surface area contributed by atoms with Crippen LogP contribution in [0, 0.1) is 0 Å². The third-order valence-corrected chi connectivity index (χ3v) is 3.84. The number of carbonyl (C=O) groups excluding carboxylic acids is 2. The molecule has 108 valence electrons. The first-order chi connectivity index (χ1) is 9.10. The van der Waals surface area contributed by atoms with Gasteiger partial charge in [-0.2, -0.15) is 0 Å². The Morgan fingerprint density at radius 1 is 1.32 bits per heavy atom. The lowest BCUT2D eigenvalue weighted by molar-refractivity contribution is -0.129. The van der Waals surface area contributed by atoms with Crippen molar-refractivity contribution in [3.05, 3.63) is 12.3 Å². The minimum Gasteiger partial charge on any atom is -0.365 e. The van der Waals surface area contributed by atoms with Crippen LogP contribution >= 0.6 is 0 Å². The van der Waals surface area contributed by atoms with Crippen LogP contribution in [0.15, 0.2) is 12.3 Å². The molecular weight excluding hydrogens is 238 g/mol. The number of unbranched alkanes of at least 4 members (excludes halogenated alkanes) is 2. The molecule has 0 radical (unpaired) electrons. The molecule has 0 unspecified atom stereocenters. The van der Waals surface area contributed by atoms with Crippen molar-refractivity contribution in [1.82, 2.24) is 4.90 Å². The van der Waals surface area contributed by atoms with E-state index in [0.29, 0.717) is 6.42 Å². The number of hydrogen-bond donors (Lipinski definition) is 0. The Kier molecular flexibility index (Phi) is 6.82. The summed E-state index contributed by atoms with van der Waals surface area (Å²) in [5.74, 6) is 0.175. The summed E-state index contributed by atoms with van der Waals surface area (Å²) in [5, 5.41) is 0. The summed E-state index contributed by atoms with van der Waals surface area (Å²) in [6.45, 7) is 9.05. The normalized spacial score (nSPS) is 16.7. The molecule has 3 nitrogen and oxygen atoms in total. The molecule has 3 heteroatoms. The van der Waals surface area contributed by atoms with Crippen LogP contribution in [0.5, 0.6) is 0 Å². The van der Waals surface area contributed by atoms with E-state index < -0.39 is 0 Å². The van der Waals surface area contributed by atoms with Crippen molar-refractivity contribution in [1.29, 1.82) is 0 Å². The molecule has 1 saturated heterocycles. The lowest BCUT2D eigenvalue weighted by Gasteiger charge is -2.28. The van der Waals surface area contributed by atoms with Gasteiger partial charge in [-0.3, -0.25) is 9.59 Å². The summed E-state index contributed by atoms with van der Waals surface area (Å²) >= 11 is 0. The lowest BCUT2D eigenvalue weighted by Crippen LogP contribution is -2.38. The Bertz CT molecular complexity index is 336. The molecule has 0 aliphatic carbocycles. The van der Waals surface area contributed by atoms with Crippen LogP contribution < -0.4 is 0 Å². The highest BCUT2D eigenvalue weighted by Crippen LogP contribution is 2.24. The Labute approximate surface area is 117 Å². The van der Waals surface area contributed by atoms with E-state index in [1.165, 1.54) is 0 Å². The van der Waals surface area contributed by atoms with E-state index in [1.807, 2.05) is 6.92 Å². The van der Waals surface area contributed by atoms with Gasteiger partial charge in [0.25, 0.3) is 0 Å². The topological polar surface area (TPSA) is 37.4 Å². The molecule has 0 amide bonds. The predicted octanol–water partition coefficient (Wildman–Crippen LogP) is 3.48. The third kappa shape index (κ3) is 4.81. The first-order valence-corrected chi connectivity index (χ1v) is 7.59. The number of hydrogen-bond acceptors (Lipinski definition) is 3. The van der Waals surface area contributed by atoms with E-state index in [2.05, 4.69) is 18.4 Å². The van der Waals surface area contributed by atoms with Gasteiger partial charge in [0.15, 0.2) is 5.78 Å². The summed E-state index contributed by atoms with van der Waals surface area (Å²) in [7, 11) is 0. The molecule has 0 saturated carbocycles. The van der Waals surface area contributed by atoms with Gasteiger partial charge >= 0.3 is 0 Å². The minimum atomic E-state index is -0.134. The van der Waals surface area contributed by atoms with Crippen molar-refractivity contribution in [3.8, 4) is 0 Å². The zero-order valence-electron chi connectivity index (χ0n) is 12.4. The second kappa shape index (κ2) is 8.13. The first kappa shape index (κ1) is 15.9. The summed E-state index contributed by atoms with van der Waals surface area (Å²) in [5.41, 5.74) is 1.05. The Morgan fingerprint density at radius 3 is 2.58 bits per heavy atom. The van der Waals surface area contributed by atoms with E-state index in [9.17, 15) is 9.59 Å². The van der Waals surface area contributed by atoms with Crippen LogP contribution in [0.4, 0.5) is 0 Å². The van der Waals surface area contributed by atoms with Crippen LogP contribution in [0.1, 0.15) is 65.2 Å². The fourth-order valence-electron chi connectivity index (χ4n) is 2.73. The second-order valence-corrected chi connectivity index (χ2v) is 5.43. The molecule has 0 bridgehead atoms. The minimum absolute atomic E-state index is 0.0760. The summed E-state index contributed by atoms with van der Waals surface area (Å²) < 4.78 is 0. The number of Topliss-reactive ketones (excluding diaryl/α,β-unsaturated/α-hetero) is 2. The average molecular weight is 265 g/mol. The van der Waals surface area contributed by atoms with Crippen LogP contribution in [0.3, 0.4) is 0 Å². The molecule has 1 aliphatic heterocycles. The number of rotatable bonds is 9. The van der Waals surface area contributed by atoms with Crippen molar-refractivity contribution in [3.63, 3.8) is 0 Å². The Morgan fingerprint density at radius 2 is 2.05 bits per heavy atom. The largest absolute Gasteiger partial charge is 0.365 e. The van der Waals surface area contributed by atoms with Gasteiger partial charge in [-0.05, 0) is 25.7 Å². The van der Waals surface area contributed by atoms with Crippen molar-refractivity contribution in [2.24, 2.45) is 0 Å². The molecule has 1 rings (SSSR count). The predicted molar refractivity (Wildman–Crippen MR) is 77.9 cm³/mol. The first-order valence-electron chi connectivity index (χ1n) is 7.59. The van der Waals surface area contributed by atoms with Crippen LogP contribution in [-0.4, -0.2) is 29.1 Å². The van der Waals surface area contributed by atoms with Crippen LogP contribution in [0.2, 0.25) is 0 Å². The lowest BCUT2D eigenvalue weighted by atomic mass is 10.0. The Balaban J connectivity index is 2.45. The van der Waals surface area contributed by atoms with Gasteiger partial charge in [-0.25, -0.2) is 0 Å². The molecule has 1 atom stereocenters. The quantitative estimate of drug-likeness (QED) is 0.473. The zero-order chi connectivity index (χ0) is 14.3. The molecule has 1 heterocycles. The molecular formula is C16H27NO2. The van der Waals surface area contributed by atoms with Crippen molar-refractivity contribution in [2.75, 3.05) is 6.54 Å². The molecule has 0 aromatic heterocycles. The van der Waals surface area contributed by atoms with Gasteiger partial charge in [0.1, 0.15) is 5.78 Å². The SMILES string of the molecule is C=C1CCCN1[C@@H](CC)C(=O)CC(=O)CCCCC. The molecule has 1 aliphatic rings. The van der Waals surface area contributed by atoms with Gasteiger partial charge in [0.2, 0.25) is 0 Å². The maximum absolute atomic E-state index is 12.2. The molecule has 19 heavy (non-hydrogen) atoms. The van der Waals surface area contributed by atoms with Crippen molar-refractivity contribution >= 4 is 11.6 Å². The van der Waals surface area contributed by atoms with Crippen molar-refractivity contribution in [2.45, 2.75) is 71.3 Å². The summed E-state index contributed by atoms with van der Waals surface area (Å²) in [6, 6.07) is -0.134. The maximum atomic E-state index is 12.2. The maximum Gasteiger partial charge on any atom is 0.162 e. The number of ketones is 2. The number of allylic oxidation sites excluding steroid dienone is 1. The Hall–Kier alpha value is -1.12. The highest BCUT2D eigenvalue weighted by Gasteiger charge is 2.28. The van der Waals surface area contributed by atoms with Gasteiger partial charge in [0, 0.05) is 18.7 Å². The summed E-state index contributed by atoms with van der Waals surface area (Å²) in [6.07, 6.45) is 6.56. The van der Waals surface area contributed by atoms with E-state index >= 15 is 0 Å². The third-order valence-electron chi connectivity index (χ3n) is 3.84. The number of carbonyl (C=O) groups is 2. The van der Waals surface area contributed by atoms with Gasteiger partial charge in [-0.15, -0.1) is 0 Å². The smallest absolute Gasteiger partial charge is 0.162 e. The van der Waals surface area contributed by atoms with Gasteiger partial charge < -0.3 is 4.90 Å². The highest BCUT2D eigenvalue weighted by molar-refractivity contribution is 6.01. The van der Waals surface area contributed by atoms with Crippen LogP contribution in [-0.2, 0) is 9.59 Å². The molecule has 0 spiro atoms. The molecule has 0 aromatic rings. The van der Waals surface area contributed by atoms with E-state index in [4.69, 9.17) is 0 Å². The zero-order valence-corrected chi connectivity index (χ0v) is 12.4. The highest BCUT2D eigenvalue weighted by atomic mass is 16.1. The molecule has 0 aromatic carbocycles. The van der Waals surface area contributed by atoms with E-state index in [1.54, 1.807) is 0 Å². The van der Waals surface area contributed by atoms with Crippen LogP contribution in [0.25, 0.3) is 0 Å². The monoisotopic (exact) mass is 265 g/mol. The van der Waals surface area contributed by atoms with E-state index in [-0.39, 0.29) is 24.0 Å².